The zero-order valence-corrected chi connectivity index (χ0v) is 13.7. The molecule has 0 aliphatic rings. The Labute approximate surface area is 141 Å². The van der Waals surface area contributed by atoms with Gasteiger partial charge in [-0.3, -0.25) is 4.79 Å². The summed E-state index contributed by atoms with van der Waals surface area (Å²) < 4.78 is 23.9. The molecule has 0 N–H and O–H groups in total. The molecule has 24 heavy (non-hydrogen) atoms. The second-order valence-electron chi connectivity index (χ2n) is 5.48. The first-order valence-electron chi connectivity index (χ1n) is 7.70. The van der Waals surface area contributed by atoms with Crippen LogP contribution in [0.4, 0.5) is 4.39 Å². The third kappa shape index (κ3) is 4.36. The van der Waals surface area contributed by atoms with Gasteiger partial charge in [-0.05, 0) is 49.7 Å². The van der Waals surface area contributed by atoms with E-state index in [-0.39, 0.29) is 11.8 Å². The molecule has 0 aromatic heterocycles. The van der Waals surface area contributed by atoms with Crippen LogP contribution in [-0.2, 0) is 15.1 Å². The molecule has 2 aromatic carbocycles. The lowest BCUT2D eigenvalue weighted by Gasteiger charge is -2.24. The monoisotopic (exact) mass is 326 g/mol. The minimum atomic E-state index is -1.12. The van der Waals surface area contributed by atoms with Crippen LogP contribution in [0.1, 0.15) is 32.3 Å². The fourth-order valence-corrected chi connectivity index (χ4v) is 2.13. The molecule has 0 heterocycles. The summed E-state index contributed by atoms with van der Waals surface area (Å²) in [6, 6.07) is 12.7. The predicted molar refractivity (Wildman–Crippen MR) is 90.1 cm³/mol. The van der Waals surface area contributed by atoms with Gasteiger partial charge in [0.2, 0.25) is 0 Å². The van der Waals surface area contributed by atoms with Crippen molar-refractivity contribution in [3.63, 3.8) is 0 Å². The van der Waals surface area contributed by atoms with Crippen LogP contribution < -0.4 is 4.74 Å². The van der Waals surface area contributed by atoms with Crippen molar-refractivity contribution in [3.05, 3.63) is 59.9 Å². The lowest BCUT2D eigenvalue weighted by molar-refractivity contribution is -0.153. The molecule has 0 bridgehead atoms. The molecule has 124 valence electrons. The van der Waals surface area contributed by atoms with Gasteiger partial charge in [0.25, 0.3) is 0 Å². The number of hydrogen-bond acceptors (Lipinski definition) is 3. The highest BCUT2D eigenvalue weighted by molar-refractivity contribution is 5.70. The van der Waals surface area contributed by atoms with Gasteiger partial charge in [0.15, 0.2) is 5.60 Å². The molecule has 0 saturated heterocycles. The van der Waals surface area contributed by atoms with Gasteiger partial charge in [-0.25, -0.2) is 4.39 Å². The van der Waals surface area contributed by atoms with Crippen LogP contribution in [0.3, 0.4) is 0 Å². The maximum Gasteiger partial charge on any atom is 0.307 e. The molecule has 0 radical (unpaired) electrons. The minimum absolute atomic E-state index is 0.322. The number of hydrogen-bond donors (Lipinski definition) is 0. The van der Waals surface area contributed by atoms with E-state index < -0.39 is 5.60 Å². The van der Waals surface area contributed by atoms with E-state index in [0.717, 1.165) is 0 Å². The molecule has 0 amide bonds. The Morgan fingerprint density at radius 1 is 1.12 bits per heavy atom. The Balaban J connectivity index is 2.13. The smallest absolute Gasteiger partial charge is 0.307 e. The van der Waals surface area contributed by atoms with Crippen LogP contribution in [0.25, 0.3) is 0 Å². The highest BCUT2D eigenvalue weighted by Gasteiger charge is 2.28. The molecule has 2 rings (SSSR count). The molecule has 0 fully saturated rings. The molecule has 0 aliphatic heterocycles. The predicted octanol–water partition coefficient (Wildman–Crippen LogP) is 4.81. The Kier molecular flexibility index (Phi) is 5.59. The zero-order valence-electron chi connectivity index (χ0n) is 13.7. The first-order chi connectivity index (χ1) is 11.5. The summed E-state index contributed by atoms with van der Waals surface area (Å²) in [5, 5.41) is 0. The summed E-state index contributed by atoms with van der Waals surface area (Å²) in [5.41, 5.74) is -0.443. The number of esters is 1. The molecule has 2 aromatic rings. The number of ether oxygens (including phenoxy) is 2. The van der Waals surface area contributed by atoms with Crippen LogP contribution in [-0.4, -0.2) is 5.97 Å². The van der Waals surface area contributed by atoms with Crippen molar-refractivity contribution in [2.24, 2.45) is 0 Å². The Morgan fingerprint density at radius 2 is 1.67 bits per heavy atom. The number of terminal acetylenes is 1. The molecular formula is C20H19FO3. The normalized spacial score (nSPS) is 12.8. The SMILES string of the molecule is C#CC(C)(OC(=O)CCC)c1ccc(Oc2ccc(F)cc2)cc1. The van der Waals surface area contributed by atoms with E-state index in [2.05, 4.69) is 5.92 Å². The van der Waals surface area contributed by atoms with Crippen molar-refractivity contribution in [2.75, 3.05) is 0 Å². The Morgan fingerprint density at radius 3 is 2.17 bits per heavy atom. The maximum absolute atomic E-state index is 12.9. The molecular weight excluding hydrogens is 307 g/mol. The average molecular weight is 326 g/mol. The highest BCUT2D eigenvalue weighted by Crippen LogP contribution is 2.29. The van der Waals surface area contributed by atoms with Crippen molar-refractivity contribution in [3.8, 4) is 23.8 Å². The van der Waals surface area contributed by atoms with E-state index in [9.17, 15) is 9.18 Å². The summed E-state index contributed by atoms with van der Waals surface area (Å²) >= 11 is 0. The first kappa shape index (κ1) is 17.6. The van der Waals surface area contributed by atoms with Gasteiger partial charge < -0.3 is 9.47 Å². The van der Waals surface area contributed by atoms with E-state index in [1.165, 1.54) is 12.1 Å². The van der Waals surface area contributed by atoms with Gasteiger partial charge in [-0.15, -0.1) is 6.42 Å². The fraction of sp³-hybridized carbons (Fsp3) is 0.250. The molecule has 0 aliphatic carbocycles. The van der Waals surface area contributed by atoms with Crippen LogP contribution in [0.2, 0.25) is 0 Å². The van der Waals surface area contributed by atoms with Crippen LogP contribution in [0.15, 0.2) is 48.5 Å². The molecule has 0 saturated carbocycles. The summed E-state index contributed by atoms with van der Waals surface area (Å²) in [6.07, 6.45) is 6.59. The third-order valence-electron chi connectivity index (χ3n) is 3.50. The second kappa shape index (κ2) is 7.65. The Bertz CT molecular complexity index is 729. The summed E-state index contributed by atoms with van der Waals surface area (Å²) in [6.45, 7) is 3.58. The number of benzene rings is 2. The van der Waals surface area contributed by atoms with Crippen molar-refractivity contribution < 1.29 is 18.7 Å². The maximum atomic E-state index is 12.9. The summed E-state index contributed by atoms with van der Waals surface area (Å²) in [4.78, 5) is 11.8. The minimum Gasteiger partial charge on any atom is -0.457 e. The van der Waals surface area contributed by atoms with Gasteiger partial charge in [-0.1, -0.05) is 25.0 Å². The quantitative estimate of drug-likeness (QED) is 0.564. The lowest BCUT2D eigenvalue weighted by Crippen LogP contribution is -2.27. The van der Waals surface area contributed by atoms with Gasteiger partial charge in [0.05, 0.1) is 0 Å². The molecule has 1 unspecified atom stereocenters. The van der Waals surface area contributed by atoms with E-state index in [1.54, 1.807) is 43.3 Å². The average Bonchev–Trinajstić information content (AvgIpc) is 2.57. The van der Waals surface area contributed by atoms with Gasteiger partial charge in [0, 0.05) is 12.0 Å². The van der Waals surface area contributed by atoms with Gasteiger partial charge in [0.1, 0.15) is 17.3 Å². The zero-order chi connectivity index (χ0) is 17.6. The largest absolute Gasteiger partial charge is 0.457 e. The van der Waals surface area contributed by atoms with Gasteiger partial charge in [-0.2, -0.15) is 0 Å². The number of carbonyl (C=O) groups excluding carboxylic acids is 1. The van der Waals surface area contributed by atoms with Gasteiger partial charge >= 0.3 is 5.97 Å². The first-order valence-corrected chi connectivity index (χ1v) is 7.70. The number of carbonyl (C=O) groups is 1. The lowest BCUT2D eigenvalue weighted by atomic mass is 9.96. The fourth-order valence-electron chi connectivity index (χ4n) is 2.13. The standard InChI is InChI=1S/C20H19FO3/c1-4-6-19(22)24-20(3,5-2)15-7-11-17(12-8-15)23-18-13-9-16(21)10-14-18/h2,7-14H,4,6H2,1,3H3. The van der Waals surface area contributed by atoms with Crippen LogP contribution >= 0.6 is 0 Å². The third-order valence-corrected chi connectivity index (χ3v) is 3.50. The van der Waals surface area contributed by atoms with Crippen molar-refractivity contribution in [2.45, 2.75) is 32.3 Å². The molecule has 4 heteroatoms. The topological polar surface area (TPSA) is 35.5 Å². The Hall–Kier alpha value is -2.80. The van der Waals surface area contributed by atoms with E-state index in [1.807, 2.05) is 6.92 Å². The second-order valence-corrected chi connectivity index (χ2v) is 5.48. The number of halogens is 1. The van der Waals surface area contributed by atoms with E-state index in [0.29, 0.717) is 29.9 Å². The number of rotatable bonds is 6. The molecule has 1 atom stereocenters. The highest BCUT2D eigenvalue weighted by atomic mass is 19.1. The van der Waals surface area contributed by atoms with Crippen molar-refractivity contribution in [1.82, 2.24) is 0 Å². The summed E-state index contributed by atoms with van der Waals surface area (Å²) in [5.74, 6) is 2.98. The van der Waals surface area contributed by atoms with E-state index in [4.69, 9.17) is 15.9 Å². The van der Waals surface area contributed by atoms with E-state index >= 15 is 0 Å². The van der Waals surface area contributed by atoms with Crippen molar-refractivity contribution >= 4 is 5.97 Å². The van der Waals surface area contributed by atoms with Crippen LogP contribution in [0, 0.1) is 18.2 Å². The molecule has 0 spiro atoms. The summed E-state index contributed by atoms with van der Waals surface area (Å²) in [7, 11) is 0. The van der Waals surface area contributed by atoms with Crippen molar-refractivity contribution in [1.29, 1.82) is 0 Å². The van der Waals surface area contributed by atoms with Crippen LogP contribution in [0.5, 0.6) is 11.5 Å². The molecule has 3 nitrogen and oxygen atoms in total.